The molecule has 0 fully saturated rings. The number of fused-ring (bicyclic) bond motifs is 1. The molecule has 6 nitrogen and oxygen atoms in total. The van der Waals surface area contributed by atoms with E-state index in [-0.39, 0.29) is 5.91 Å². The first kappa shape index (κ1) is 19.6. The molecule has 0 bridgehead atoms. The molecule has 2 heterocycles. The summed E-state index contributed by atoms with van der Waals surface area (Å²) in [5.41, 5.74) is 7.04. The molecule has 0 spiro atoms. The zero-order chi connectivity index (χ0) is 21.4. The van der Waals surface area contributed by atoms with Gasteiger partial charge in [-0.05, 0) is 61.7 Å². The summed E-state index contributed by atoms with van der Waals surface area (Å²) in [6.07, 6.45) is 1.78. The molecule has 0 atom stereocenters. The van der Waals surface area contributed by atoms with Gasteiger partial charge in [0, 0.05) is 29.6 Å². The number of carbonyl (C=O) groups is 1. The van der Waals surface area contributed by atoms with Gasteiger partial charge in [-0.2, -0.15) is 0 Å². The van der Waals surface area contributed by atoms with Crippen LogP contribution in [0, 0.1) is 20.8 Å². The highest BCUT2D eigenvalue weighted by Gasteiger charge is 2.21. The Balaban J connectivity index is 2.11. The number of hydrogen-bond acceptors (Lipinski definition) is 5. The molecule has 0 saturated heterocycles. The molecule has 1 amide bonds. The third-order valence-corrected chi connectivity index (χ3v) is 5.19. The molecule has 30 heavy (non-hydrogen) atoms. The summed E-state index contributed by atoms with van der Waals surface area (Å²) in [5, 5.41) is 8.02. The Hall–Kier alpha value is -3.67. The lowest BCUT2D eigenvalue weighted by Gasteiger charge is -2.19. The Morgan fingerprint density at radius 3 is 2.57 bits per heavy atom. The van der Waals surface area contributed by atoms with Crippen molar-refractivity contribution in [1.29, 1.82) is 0 Å². The van der Waals surface area contributed by atoms with Gasteiger partial charge in [-0.25, -0.2) is 0 Å². The molecule has 0 aliphatic heterocycles. The molecule has 0 aliphatic rings. The Morgan fingerprint density at radius 2 is 1.90 bits per heavy atom. The number of carbonyl (C=O) groups excluding carboxylic acids is 1. The Bertz CT molecular complexity index is 1250. The molecule has 4 rings (SSSR count). The molecule has 6 heteroatoms. The fourth-order valence-electron chi connectivity index (χ4n) is 3.98. The molecule has 1 N–H and O–H groups in total. The largest absolute Gasteiger partial charge is 0.494 e. The van der Waals surface area contributed by atoms with E-state index >= 15 is 0 Å². The van der Waals surface area contributed by atoms with Gasteiger partial charge in [-0.3, -0.25) is 9.78 Å². The van der Waals surface area contributed by atoms with Crippen LogP contribution >= 0.6 is 0 Å². The van der Waals surface area contributed by atoms with Crippen LogP contribution in [0.25, 0.3) is 33.2 Å². The highest BCUT2D eigenvalue weighted by molar-refractivity contribution is 6.02. The van der Waals surface area contributed by atoms with Crippen molar-refractivity contribution in [3.05, 3.63) is 59.6 Å². The SMILES string of the molecule is COc1c(NC(C)=O)cc(-c2c(C)noc2C)cc1-c1c(C)ccc2ncccc12. The number of hydrogen-bond donors (Lipinski definition) is 1. The van der Waals surface area contributed by atoms with E-state index in [9.17, 15) is 4.79 Å². The molecule has 0 unspecified atom stereocenters. The van der Waals surface area contributed by atoms with Crippen molar-refractivity contribution in [2.24, 2.45) is 0 Å². The maximum absolute atomic E-state index is 11.9. The van der Waals surface area contributed by atoms with Crippen LogP contribution in [-0.4, -0.2) is 23.2 Å². The van der Waals surface area contributed by atoms with E-state index in [4.69, 9.17) is 9.26 Å². The molecule has 2 aromatic carbocycles. The van der Waals surface area contributed by atoms with E-state index in [0.717, 1.165) is 44.4 Å². The summed E-state index contributed by atoms with van der Waals surface area (Å²) >= 11 is 0. The average molecular weight is 401 g/mol. The molecule has 0 aliphatic carbocycles. The Labute approximate surface area is 174 Å². The van der Waals surface area contributed by atoms with Gasteiger partial charge in [0.15, 0.2) is 0 Å². The standard InChI is InChI=1S/C24H23N3O3/c1-13-8-9-20-18(7-6-10-25-20)22(13)19-11-17(23-14(2)27-30-15(23)3)12-21(24(19)29-5)26-16(4)28/h6-12H,1-5H3,(H,26,28). The van der Waals surface area contributed by atoms with Gasteiger partial charge in [-0.1, -0.05) is 17.3 Å². The van der Waals surface area contributed by atoms with E-state index in [1.54, 1.807) is 13.3 Å². The first-order valence-electron chi connectivity index (χ1n) is 9.68. The lowest BCUT2D eigenvalue weighted by molar-refractivity contribution is -0.114. The van der Waals surface area contributed by atoms with Crippen LogP contribution < -0.4 is 10.1 Å². The normalized spacial score (nSPS) is 11.0. The molecule has 4 aromatic rings. The first-order chi connectivity index (χ1) is 14.4. The van der Waals surface area contributed by atoms with Crippen molar-refractivity contribution in [2.45, 2.75) is 27.7 Å². The van der Waals surface area contributed by atoms with Gasteiger partial charge in [0.1, 0.15) is 11.5 Å². The van der Waals surface area contributed by atoms with Crippen LogP contribution in [-0.2, 0) is 4.79 Å². The third kappa shape index (κ3) is 3.30. The van der Waals surface area contributed by atoms with Crippen LogP contribution in [0.15, 0.2) is 47.1 Å². The predicted molar refractivity (Wildman–Crippen MR) is 118 cm³/mol. The third-order valence-electron chi connectivity index (χ3n) is 5.19. The van der Waals surface area contributed by atoms with Crippen molar-refractivity contribution in [3.8, 4) is 28.0 Å². The van der Waals surface area contributed by atoms with Gasteiger partial charge in [0.25, 0.3) is 0 Å². The summed E-state index contributed by atoms with van der Waals surface area (Å²) in [4.78, 5) is 16.4. The van der Waals surface area contributed by atoms with Crippen molar-refractivity contribution >= 4 is 22.5 Å². The molecular formula is C24H23N3O3. The molecule has 2 aromatic heterocycles. The number of rotatable bonds is 4. The van der Waals surface area contributed by atoms with Crippen molar-refractivity contribution < 1.29 is 14.1 Å². The number of pyridine rings is 1. The van der Waals surface area contributed by atoms with Gasteiger partial charge in [0.05, 0.1) is 24.0 Å². The number of ether oxygens (including phenoxy) is 1. The van der Waals surface area contributed by atoms with Crippen molar-refractivity contribution in [3.63, 3.8) is 0 Å². The summed E-state index contributed by atoms with van der Waals surface area (Å²) in [6.45, 7) is 7.32. The summed E-state index contributed by atoms with van der Waals surface area (Å²) in [5.74, 6) is 1.14. The number of benzene rings is 2. The lowest BCUT2D eigenvalue weighted by atomic mass is 9.91. The minimum absolute atomic E-state index is 0.175. The second-order valence-corrected chi connectivity index (χ2v) is 7.31. The molecule has 152 valence electrons. The quantitative estimate of drug-likeness (QED) is 0.492. The van der Waals surface area contributed by atoms with Crippen molar-refractivity contribution in [2.75, 3.05) is 12.4 Å². The van der Waals surface area contributed by atoms with Crippen LogP contribution in [0.3, 0.4) is 0 Å². The second kappa shape index (κ2) is 7.63. The summed E-state index contributed by atoms with van der Waals surface area (Å²) < 4.78 is 11.2. The van der Waals surface area contributed by atoms with Gasteiger partial charge in [0.2, 0.25) is 5.91 Å². The molecule has 0 saturated carbocycles. The number of methoxy groups -OCH3 is 1. The summed E-state index contributed by atoms with van der Waals surface area (Å²) in [6, 6.07) is 12.0. The molecular weight excluding hydrogens is 378 g/mol. The van der Waals surface area contributed by atoms with Crippen LogP contribution in [0.2, 0.25) is 0 Å². The highest BCUT2D eigenvalue weighted by atomic mass is 16.5. The number of nitrogens with one attached hydrogen (secondary N) is 1. The maximum Gasteiger partial charge on any atom is 0.221 e. The van der Waals surface area contributed by atoms with Gasteiger partial charge < -0.3 is 14.6 Å². The zero-order valence-electron chi connectivity index (χ0n) is 17.7. The Morgan fingerprint density at radius 1 is 1.10 bits per heavy atom. The number of anilines is 1. The number of aryl methyl sites for hydroxylation is 3. The average Bonchev–Trinajstić information content (AvgIpc) is 3.05. The van der Waals surface area contributed by atoms with E-state index in [2.05, 4.69) is 28.4 Å². The van der Waals surface area contributed by atoms with Crippen molar-refractivity contribution in [1.82, 2.24) is 10.1 Å². The fourth-order valence-corrected chi connectivity index (χ4v) is 3.98. The van der Waals surface area contributed by atoms with E-state index in [0.29, 0.717) is 17.2 Å². The first-order valence-corrected chi connectivity index (χ1v) is 9.68. The Kier molecular flexibility index (Phi) is 4.99. The van der Waals surface area contributed by atoms with E-state index in [1.807, 2.05) is 44.2 Å². The number of amides is 1. The van der Waals surface area contributed by atoms with Crippen LogP contribution in [0.1, 0.15) is 23.9 Å². The van der Waals surface area contributed by atoms with Crippen LogP contribution in [0.5, 0.6) is 5.75 Å². The monoisotopic (exact) mass is 401 g/mol. The maximum atomic E-state index is 11.9. The second-order valence-electron chi connectivity index (χ2n) is 7.31. The minimum Gasteiger partial charge on any atom is -0.494 e. The smallest absolute Gasteiger partial charge is 0.221 e. The minimum atomic E-state index is -0.175. The van der Waals surface area contributed by atoms with E-state index < -0.39 is 0 Å². The number of aromatic nitrogens is 2. The molecule has 0 radical (unpaired) electrons. The zero-order valence-corrected chi connectivity index (χ0v) is 17.7. The highest BCUT2D eigenvalue weighted by Crippen LogP contribution is 2.44. The lowest BCUT2D eigenvalue weighted by Crippen LogP contribution is -2.08. The predicted octanol–water partition coefficient (Wildman–Crippen LogP) is 5.45. The number of nitrogens with zero attached hydrogens (tertiary/aromatic N) is 2. The van der Waals surface area contributed by atoms with Crippen LogP contribution in [0.4, 0.5) is 5.69 Å². The van der Waals surface area contributed by atoms with E-state index in [1.165, 1.54) is 6.92 Å². The van der Waals surface area contributed by atoms with Gasteiger partial charge in [-0.15, -0.1) is 0 Å². The topological polar surface area (TPSA) is 77.2 Å². The summed E-state index contributed by atoms with van der Waals surface area (Å²) in [7, 11) is 1.61. The fraction of sp³-hybridized carbons (Fsp3) is 0.208. The van der Waals surface area contributed by atoms with Gasteiger partial charge >= 0.3 is 0 Å².